The summed E-state index contributed by atoms with van der Waals surface area (Å²) in [6.07, 6.45) is 5.14. The van der Waals surface area contributed by atoms with Crippen LogP contribution in [0.1, 0.15) is 31.6 Å². The average Bonchev–Trinajstić information content (AvgIpc) is 3.46. The van der Waals surface area contributed by atoms with Crippen LogP contribution in [0.15, 0.2) is 71.6 Å². The summed E-state index contributed by atoms with van der Waals surface area (Å²) >= 11 is 1.20. The Labute approximate surface area is 171 Å². The van der Waals surface area contributed by atoms with Crippen LogP contribution in [0.25, 0.3) is 0 Å². The molecule has 0 aliphatic carbocycles. The van der Waals surface area contributed by atoms with Gasteiger partial charge in [-0.2, -0.15) is 0 Å². The van der Waals surface area contributed by atoms with E-state index in [2.05, 4.69) is 20.2 Å². The highest BCUT2D eigenvalue weighted by Crippen LogP contribution is 2.24. The van der Waals surface area contributed by atoms with Crippen molar-refractivity contribution in [3.8, 4) is 0 Å². The molecule has 4 rings (SSSR count). The number of aromatic nitrogens is 2. The lowest BCUT2D eigenvalue weighted by Crippen LogP contribution is -2.10. The molecule has 0 fully saturated rings. The maximum atomic E-state index is 12.5. The molecule has 1 aromatic carbocycles. The van der Waals surface area contributed by atoms with E-state index in [9.17, 15) is 9.59 Å². The second kappa shape index (κ2) is 8.15. The Bertz CT molecular complexity index is 1130. The third-order valence-electron chi connectivity index (χ3n) is 4.30. The van der Waals surface area contributed by atoms with Gasteiger partial charge in [0.1, 0.15) is 5.82 Å². The molecular formula is C21H18N4O3S. The predicted octanol–water partition coefficient (Wildman–Crippen LogP) is 4.40. The molecular weight excluding hydrogens is 388 g/mol. The number of hydrogen-bond donors (Lipinski definition) is 2. The van der Waals surface area contributed by atoms with E-state index in [0.717, 1.165) is 17.9 Å². The highest BCUT2D eigenvalue weighted by molar-refractivity contribution is 7.18. The molecule has 0 spiro atoms. The van der Waals surface area contributed by atoms with Crippen molar-refractivity contribution in [3.05, 3.63) is 89.2 Å². The molecule has 3 heterocycles. The summed E-state index contributed by atoms with van der Waals surface area (Å²) in [5.41, 5.74) is 1.82. The second-order valence-electron chi connectivity index (χ2n) is 6.35. The van der Waals surface area contributed by atoms with Gasteiger partial charge < -0.3 is 19.6 Å². The summed E-state index contributed by atoms with van der Waals surface area (Å²) in [7, 11) is 0. The van der Waals surface area contributed by atoms with E-state index in [-0.39, 0.29) is 17.6 Å². The van der Waals surface area contributed by atoms with Gasteiger partial charge in [0.25, 0.3) is 11.8 Å². The lowest BCUT2D eigenvalue weighted by Gasteiger charge is -2.07. The van der Waals surface area contributed by atoms with E-state index in [4.69, 9.17) is 4.42 Å². The molecule has 0 atom stereocenters. The first-order valence-corrected chi connectivity index (χ1v) is 9.73. The quantitative estimate of drug-likeness (QED) is 0.497. The Balaban J connectivity index is 1.36. The summed E-state index contributed by atoms with van der Waals surface area (Å²) in [5, 5.41) is 6.16. The number of carbonyl (C=O) groups excluding carboxylic acids is 2. The SMILES string of the molecule is Cc1nccn1Cc1ccc(NC(=O)c2ccc(NC(=O)c3ccco3)s2)cc1. The van der Waals surface area contributed by atoms with Crippen molar-refractivity contribution in [2.45, 2.75) is 13.5 Å². The number of nitrogens with zero attached hydrogens (tertiary/aromatic N) is 2. The van der Waals surface area contributed by atoms with Gasteiger partial charge in [-0.15, -0.1) is 11.3 Å². The zero-order valence-electron chi connectivity index (χ0n) is 15.6. The van der Waals surface area contributed by atoms with E-state index >= 15 is 0 Å². The third-order valence-corrected chi connectivity index (χ3v) is 5.30. The Hall–Kier alpha value is -3.65. The number of rotatable bonds is 6. The first-order valence-electron chi connectivity index (χ1n) is 8.91. The molecule has 0 bridgehead atoms. The highest BCUT2D eigenvalue weighted by atomic mass is 32.1. The number of benzene rings is 1. The minimum absolute atomic E-state index is 0.218. The number of aryl methyl sites for hydroxylation is 1. The molecule has 4 aromatic rings. The van der Waals surface area contributed by atoms with Crippen molar-refractivity contribution in [2.75, 3.05) is 10.6 Å². The van der Waals surface area contributed by atoms with Gasteiger partial charge >= 0.3 is 0 Å². The van der Waals surface area contributed by atoms with Crippen molar-refractivity contribution in [3.63, 3.8) is 0 Å². The number of anilines is 2. The van der Waals surface area contributed by atoms with Crippen LogP contribution in [-0.4, -0.2) is 21.4 Å². The van der Waals surface area contributed by atoms with Gasteiger partial charge in [0, 0.05) is 24.6 Å². The van der Waals surface area contributed by atoms with E-state index < -0.39 is 0 Å². The number of imidazole rings is 1. The van der Waals surface area contributed by atoms with E-state index in [1.165, 1.54) is 17.6 Å². The minimum atomic E-state index is -0.354. The number of furan rings is 1. The van der Waals surface area contributed by atoms with Crippen LogP contribution >= 0.6 is 11.3 Å². The van der Waals surface area contributed by atoms with Gasteiger partial charge in [-0.05, 0) is 48.9 Å². The first-order chi connectivity index (χ1) is 14.1. The average molecular weight is 406 g/mol. The van der Waals surface area contributed by atoms with E-state index in [0.29, 0.717) is 15.6 Å². The van der Waals surface area contributed by atoms with Crippen molar-refractivity contribution in [1.29, 1.82) is 0 Å². The smallest absolute Gasteiger partial charge is 0.291 e. The Morgan fingerprint density at radius 2 is 1.90 bits per heavy atom. The van der Waals surface area contributed by atoms with Gasteiger partial charge in [-0.25, -0.2) is 4.98 Å². The summed E-state index contributed by atoms with van der Waals surface area (Å²) in [6, 6.07) is 14.3. The summed E-state index contributed by atoms with van der Waals surface area (Å²) in [6.45, 7) is 2.69. The number of thiophene rings is 1. The van der Waals surface area contributed by atoms with E-state index in [1.807, 2.05) is 37.4 Å². The van der Waals surface area contributed by atoms with Gasteiger partial charge in [0.05, 0.1) is 16.1 Å². The van der Waals surface area contributed by atoms with Crippen LogP contribution in [-0.2, 0) is 6.54 Å². The minimum Gasteiger partial charge on any atom is -0.459 e. The normalized spacial score (nSPS) is 10.7. The number of nitrogens with one attached hydrogen (secondary N) is 2. The Morgan fingerprint density at radius 1 is 1.07 bits per heavy atom. The first kappa shape index (κ1) is 18.7. The molecule has 0 aliphatic heterocycles. The fraction of sp³-hybridized carbons (Fsp3) is 0.0952. The van der Waals surface area contributed by atoms with Crippen molar-refractivity contribution >= 4 is 33.8 Å². The van der Waals surface area contributed by atoms with Crippen LogP contribution in [0.5, 0.6) is 0 Å². The maximum absolute atomic E-state index is 12.5. The van der Waals surface area contributed by atoms with Crippen molar-refractivity contribution in [2.24, 2.45) is 0 Å². The molecule has 0 saturated carbocycles. The topological polar surface area (TPSA) is 89.2 Å². The van der Waals surface area contributed by atoms with E-state index in [1.54, 1.807) is 30.5 Å². The zero-order valence-corrected chi connectivity index (χ0v) is 16.4. The molecule has 0 saturated heterocycles. The lowest BCUT2D eigenvalue weighted by atomic mass is 10.2. The molecule has 29 heavy (non-hydrogen) atoms. The monoisotopic (exact) mass is 406 g/mol. The highest BCUT2D eigenvalue weighted by Gasteiger charge is 2.13. The van der Waals surface area contributed by atoms with Gasteiger partial charge in [0.15, 0.2) is 5.76 Å². The lowest BCUT2D eigenvalue weighted by molar-refractivity contribution is 0.0995. The molecule has 146 valence electrons. The fourth-order valence-electron chi connectivity index (χ4n) is 2.76. The fourth-order valence-corrected chi connectivity index (χ4v) is 3.56. The van der Waals surface area contributed by atoms with Crippen molar-refractivity contribution < 1.29 is 14.0 Å². The molecule has 3 aromatic heterocycles. The zero-order chi connectivity index (χ0) is 20.2. The van der Waals surface area contributed by atoms with Crippen LogP contribution in [0.2, 0.25) is 0 Å². The summed E-state index contributed by atoms with van der Waals surface area (Å²) < 4.78 is 7.11. The molecule has 8 heteroatoms. The molecule has 7 nitrogen and oxygen atoms in total. The number of hydrogen-bond acceptors (Lipinski definition) is 5. The summed E-state index contributed by atoms with van der Waals surface area (Å²) in [5.74, 6) is 0.588. The maximum Gasteiger partial charge on any atom is 0.291 e. The molecule has 2 amide bonds. The van der Waals surface area contributed by atoms with Crippen LogP contribution in [0.3, 0.4) is 0 Å². The largest absolute Gasteiger partial charge is 0.459 e. The number of amides is 2. The van der Waals surface area contributed by atoms with Crippen LogP contribution in [0.4, 0.5) is 10.7 Å². The van der Waals surface area contributed by atoms with Crippen molar-refractivity contribution in [1.82, 2.24) is 9.55 Å². The molecule has 0 unspecified atom stereocenters. The third kappa shape index (κ3) is 4.44. The van der Waals surface area contributed by atoms with Gasteiger partial charge in [-0.3, -0.25) is 9.59 Å². The van der Waals surface area contributed by atoms with Gasteiger partial charge in [-0.1, -0.05) is 12.1 Å². The van der Waals surface area contributed by atoms with Gasteiger partial charge in [0.2, 0.25) is 0 Å². The van der Waals surface area contributed by atoms with Crippen LogP contribution < -0.4 is 10.6 Å². The second-order valence-corrected chi connectivity index (χ2v) is 7.43. The summed E-state index contributed by atoms with van der Waals surface area (Å²) in [4.78, 5) is 29.2. The molecule has 0 radical (unpaired) electrons. The molecule has 0 aliphatic rings. The molecule has 2 N–H and O–H groups in total. The predicted molar refractivity (Wildman–Crippen MR) is 111 cm³/mol. The Kier molecular flexibility index (Phi) is 5.26. The van der Waals surface area contributed by atoms with Crippen LogP contribution in [0, 0.1) is 6.92 Å². The number of carbonyl (C=O) groups is 2. The Morgan fingerprint density at radius 3 is 2.59 bits per heavy atom. The standard InChI is InChI=1S/C21H18N4O3S/c1-14-22-10-11-25(14)13-15-4-6-16(7-5-15)23-21(27)18-8-9-19(29-18)24-20(26)17-3-2-12-28-17/h2-12H,13H2,1H3,(H,23,27)(H,24,26).